The molecule has 2 rings (SSSR count). The molecule has 2 aliphatic rings. The molecule has 2 atom stereocenters. The second-order valence-electron chi connectivity index (χ2n) is 2.80. The Balaban J connectivity index is 2.30. The van der Waals surface area contributed by atoms with Gasteiger partial charge in [-0.3, -0.25) is 4.99 Å². The van der Waals surface area contributed by atoms with Gasteiger partial charge in [-0.15, -0.1) is 0 Å². The molecule has 0 aromatic rings. The number of hydrogen-bond acceptors (Lipinski definition) is 4. The van der Waals surface area contributed by atoms with Crippen LogP contribution >= 0.6 is 0 Å². The lowest BCUT2D eigenvalue weighted by atomic mass is 10.0. The van der Waals surface area contributed by atoms with Gasteiger partial charge in [-0.1, -0.05) is 0 Å². The first-order chi connectivity index (χ1) is 5.29. The molecule has 2 heterocycles. The summed E-state index contributed by atoms with van der Waals surface area (Å²) in [6.07, 6.45) is 3.47. The highest BCUT2D eigenvalue weighted by molar-refractivity contribution is 5.95. The van der Waals surface area contributed by atoms with Crippen LogP contribution < -0.4 is 11.1 Å². The second-order valence-corrected chi connectivity index (χ2v) is 2.80. The number of rotatable bonds is 0. The summed E-state index contributed by atoms with van der Waals surface area (Å²) in [5.74, 6) is 0.623. The van der Waals surface area contributed by atoms with Crippen molar-refractivity contribution in [3.05, 3.63) is 11.8 Å². The van der Waals surface area contributed by atoms with E-state index < -0.39 is 0 Å². The molecular formula is C7H10N4. The van der Waals surface area contributed by atoms with Crippen molar-refractivity contribution in [3.63, 3.8) is 0 Å². The number of nitrogens with two attached hydrogens (primary N) is 1. The monoisotopic (exact) mass is 150 g/mol. The van der Waals surface area contributed by atoms with Crippen molar-refractivity contribution in [2.45, 2.75) is 19.0 Å². The Morgan fingerprint density at radius 3 is 3.18 bits per heavy atom. The fraction of sp³-hybridized carbons (Fsp3) is 0.429. The molecule has 4 heteroatoms. The van der Waals surface area contributed by atoms with Gasteiger partial charge < -0.3 is 11.1 Å². The van der Waals surface area contributed by atoms with Gasteiger partial charge >= 0.3 is 0 Å². The van der Waals surface area contributed by atoms with Crippen molar-refractivity contribution in [2.75, 3.05) is 0 Å². The number of amidine groups is 1. The van der Waals surface area contributed by atoms with Gasteiger partial charge in [0.05, 0.1) is 0 Å². The minimum Gasteiger partial charge on any atom is -0.385 e. The van der Waals surface area contributed by atoms with Crippen LogP contribution in [0.1, 0.15) is 6.92 Å². The maximum absolute atomic E-state index is 5.65. The molecule has 0 saturated heterocycles. The predicted octanol–water partition coefficient (Wildman–Crippen LogP) is -0.370. The largest absolute Gasteiger partial charge is 0.385 e. The van der Waals surface area contributed by atoms with E-state index in [1.54, 1.807) is 0 Å². The Bertz CT molecular complexity index is 264. The zero-order valence-corrected chi connectivity index (χ0v) is 6.28. The smallest absolute Gasteiger partial charge is 0.126 e. The van der Waals surface area contributed by atoms with Gasteiger partial charge in [-0.2, -0.15) is 0 Å². The third kappa shape index (κ3) is 0.824. The molecule has 0 aromatic carbocycles. The summed E-state index contributed by atoms with van der Waals surface area (Å²) < 4.78 is 0. The van der Waals surface area contributed by atoms with Gasteiger partial charge in [0.15, 0.2) is 0 Å². The lowest BCUT2D eigenvalue weighted by Gasteiger charge is -2.19. The molecule has 4 nitrogen and oxygen atoms in total. The SMILES string of the molecule is CC1=CNC2C(N)=NC=NC12. The van der Waals surface area contributed by atoms with Crippen LogP contribution in [0, 0.1) is 0 Å². The molecule has 0 spiro atoms. The highest BCUT2D eigenvalue weighted by Crippen LogP contribution is 2.18. The van der Waals surface area contributed by atoms with Gasteiger partial charge in [0.25, 0.3) is 0 Å². The summed E-state index contributed by atoms with van der Waals surface area (Å²) in [6.45, 7) is 2.04. The zero-order valence-electron chi connectivity index (χ0n) is 6.28. The summed E-state index contributed by atoms with van der Waals surface area (Å²) in [5, 5.41) is 3.13. The van der Waals surface area contributed by atoms with Gasteiger partial charge in [0, 0.05) is 0 Å². The summed E-state index contributed by atoms with van der Waals surface area (Å²) in [5.41, 5.74) is 6.86. The van der Waals surface area contributed by atoms with E-state index in [9.17, 15) is 0 Å². The van der Waals surface area contributed by atoms with E-state index in [1.165, 1.54) is 11.9 Å². The summed E-state index contributed by atoms with van der Waals surface area (Å²) >= 11 is 0. The maximum atomic E-state index is 5.65. The lowest BCUT2D eigenvalue weighted by molar-refractivity contribution is 0.675. The van der Waals surface area contributed by atoms with Crippen molar-refractivity contribution in [2.24, 2.45) is 15.7 Å². The van der Waals surface area contributed by atoms with Gasteiger partial charge in [-0.05, 0) is 18.7 Å². The Morgan fingerprint density at radius 2 is 2.45 bits per heavy atom. The van der Waals surface area contributed by atoms with Crippen LogP contribution in [-0.4, -0.2) is 24.3 Å². The van der Waals surface area contributed by atoms with E-state index in [2.05, 4.69) is 15.3 Å². The van der Waals surface area contributed by atoms with Crippen LogP contribution in [0.15, 0.2) is 21.8 Å². The summed E-state index contributed by atoms with van der Waals surface area (Å²) in [4.78, 5) is 8.11. The van der Waals surface area contributed by atoms with E-state index in [0.717, 1.165) is 0 Å². The highest BCUT2D eigenvalue weighted by atomic mass is 15.1. The predicted molar refractivity (Wildman–Crippen MR) is 44.6 cm³/mol. The highest BCUT2D eigenvalue weighted by Gasteiger charge is 2.30. The first-order valence-electron chi connectivity index (χ1n) is 3.56. The van der Waals surface area contributed by atoms with Crippen LogP contribution in [0.2, 0.25) is 0 Å². The first-order valence-corrected chi connectivity index (χ1v) is 3.56. The Labute approximate surface area is 64.9 Å². The molecule has 0 bridgehead atoms. The molecular weight excluding hydrogens is 140 g/mol. The number of nitrogens with one attached hydrogen (secondary N) is 1. The zero-order chi connectivity index (χ0) is 7.84. The molecule has 0 amide bonds. The Hall–Kier alpha value is -1.32. The topological polar surface area (TPSA) is 62.8 Å². The summed E-state index contributed by atoms with van der Waals surface area (Å²) in [7, 11) is 0. The molecule has 0 aromatic heterocycles. The van der Waals surface area contributed by atoms with Crippen LogP contribution in [0.4, 0.5) is 0 Å². The minimum absolute atomic E-state index is 0.0972. The second kappa shape index (κ2) is 2.08. The normalized spacial score (nSPS) is 33.9. The molecule has 0 aliphatic carbocycles. The van der Waals surface area contributed by atoms with E-state index in [-0.39, 0.29) is 12.1 Å². The minimum atomic E-state index is 0.0972. The van der Waals surface area contributed by atoms with E-state index in [1.807, 2.05) is 13.1 Å². The van der Waals surface area contributed by atoms with Crippen LogP contribution in [-0.2, 0) is 0 Å². The van der Waals surface area contributed by atoms with Crippen molar-refractivity contribution >= 4 is 12.2 Å². The van der Waals surface area contributed by atoms with Crippen molar-refractivity contribution in [1.29, 1.82) is 0 Å². The first kappa shape index (κ1) is 6.39. The third-order valence-electron chi connectivity index (χ3n) is 2.03. The van der Waals surface area contributed by atoms with Crippen molar-refractivity contribution in [1.82, 2.24) is 5.32 Å². The fourth-order valence-corrected chi connectivity index (χ4v) is 1.36. The van der Waals surface area contributed by atoms with Gasteiger partial charge in [0.2, 0.25) is 0 Å². The summed E-state index contributed by atoms with van der Waals surface area (Å²) in [6, 6.07) is 0.271. The average Bonchev–Trinajstić information content (AvgIpc) is 2.35. The maximum Gasteiger partial charge on any atom is 0.126 e. The Kier molecular flexibility index (Phi) is 1.21. The molecule has 11 heavy (non-hydrogen) atoms. The fourth-order valence-electron chi connectivity index (χ4n) is 1.36. The molecule has 0 radical (unpaired) electrons. The molecule has 3 N–H and O–H groups in total. The van der Waals surface area contributed by atoms with E-state index >= 15 is 0 Å². The van der Waals surface area contributed by atoms with Gasteiger partial charge in [-0.25, -0.2) is 4.99 Å². The van der Waals surface area contributed by atoms with Crippen molar-refractivity contribution < 1.29 is 0 Å². The average molecular weight is 150 g/mol. The van der Waals surface area contributed by atoms with Crippen LogP contribution in [0.3, 0.4) is 0 Å². The number of nitrogens with zero attached hydrogens (tertiary/aromatic N) is 2. The lowest BCUT2D eigenvalue weighted by Crippen LogP contribution is -2.44. The molecule has 0 fully saturated rings. The van der Waals surface area contributed by atoms with Gasteiger partial charge in [0.1, 0.15) is 24.3 Å². The number of fused-ring (bicyclic) bond motifs is 1. The van der Waals surface area contributed by atoms with Crippen LogP contribution in [0.5, 0.6) is 0 Å². The molecule has 2 aliphatic heterocycles. The molecule has 58 valence electrons. The molecule has 2 unspecified atom stereocenters. The van der Waals surface area contributed by atoms with Crippen LogP contribution in [0.25, 0.3) is 0 Å². The van der Waals surface area contributed by atoms with E-state index in [0.29, 0.717) is 5.84 Å². The molecule has 0 saturated carbocycles. The Morgan fingerprint density at radius 1 is 1.64 bits per heavy atom. The quantitative estimate of drug-likeness (QED) is 0.495. The number of hydrogen-bond donors (Lipinski definition) is 2. The third-order valence-corrected chi connectivity index (χ3v) is 2.03. The van der Waals surface area contributed by atoms with E-state index in [4.69, 9.17) is 5.73 Å². The standard InChI is InChI=1S/C7H10N4/c1-4-2-9-6-5(4)10-3-11-7(6)8/h2-3,5-6,9H,1H3,(H2,8,10,11). The van der Waals surface area contributed by atoms with Crippen molar-refractivity contribution in [3.8, 4) is 0 Å². The number of aliphatic imine (C=N–C) groups is 2.